The molecular formula is C13H19NO4S. The van der Waals surface area contributed by atoms with Crippen LogP contribution >= 0.6 is 0 Å². The third-order valence-corrected chi connectivity index (χ3v) is 4.79. The summed E-state index contributed by atoms with van der Waals surface area (Å²) < 4.78 is 32.1. The van der Waals surface area contributed by atoms with Crippen LogP contribution in [0.1, 0.15) is 20.3 Å². The fourth-order valence-corrected chi connectivity index (χ4v) is 3.21. The Morgan fingerprint density at radius 3 is 2.42 bits per heavy atom. The monoisotopic (exact) mass is 285 g/mol. The SMILES string of the molecule is CC1(C)CC1NS(=O)(=O)c1ccc(OCCO)cc1. The number of benzene rings is 1. The quantitative estimate of drug-likeness (QED) is 0.821. The van der Waals surface area contributed by atoms with E-state index in [9.17, 15) is 8.42 Å². The molecule has 2 N–H and O–H groups in total. The van der Waals surface area contributed by atoms with Gasteiger partial charge >= 0.3 is 0 Å². The van der Waals surface area contributed by atoms with Gasteiger partial charge in [-0.2, -0.15) is 0 Å². The van der Waals surface area contributed by atoms with Gasteiger partial charge in [-0.15, -0.1) is 0 Å². The Kier molecular flexibility index (Phi) is 3.85. The minimum Gasteiger partial charge on any atom is -0.491 e. The minimum absolute atomic E-state index is 0.0165. The molecule has 0 radical (unpaired) electrons. The highest BCUT2D eigenvalue weighted by atomic mass is 32.2. The van der Waals surface area contributed by atoms with E-state index >= 15 is 0 Å². The maximum atomic E-state index is 12.1. The Morgan fingerprint density at radius 1 is 1.37 bits per heavy atom. The number of aliphatic hydroxyl groups excluding tert-OH is 1. The average molecular weight is 285 g/mol. The van der Waals surface area contributed by atoms with Crippen molar-refractivity contribution in [3.63, 3.8) is 0 Å². The molecule has 6 heteroatoms. The second-order valence-electron chi connectivity index (χ2n) is 5.41. The number of sulfonamides is 1. The van der Waals surface area contributed by atoms with Crippen LogP contribution in [0.2, 0.25) is 0 Å². The molecule has 0 heterocycles. The van der Waals surface area contributed by atoms with Gasteiger partial charge in [0.15, 0.2) is 0 Å². The molecule has 1 saturated carbocycles. The van der Waals surface area contributed by atoms with Crippen molar-refractivity contribution in [1.82, 2.24) is 4.72 Å². The molecule has 0 amide bonds. The summed E-state index contributed by atoms with van der Waals surface area (Å²) in [5.74, 6) is 0.541. The molecule has 1 unspecified atom stereocenters. The molecule has 1 aliphatic carbocycles. The largest absolute Gasteiger partial charge is 0.491 e. The van der Waals surface area contributed by atoms with Crippen molar-refractivity contribution < 1.29 is 18.3 Å². The van der Waals surface area contributed by atoms with Gasteiger partial charge in [-0.25, -0.2) is 13.1 Å². The van der Waals surface area contributed by atoms with Crippen LogP contribution in [0.5, 0.6) is 5.75 Å². The second kappa shape index (κ2) is 5.11. The first-order valence-electron chi connectivity index (χ1n) is 6.21. The molecule has 0 aromatic heterocycles. The van der Waals surface area contributed by atoms with Gasteiger partial charge in [0, 0.05) is 6.04 Å². The molecule has 106 valence electrons. The van der Waals surface area contributed by atoms with Crippen LogP contribution in [0.25, 0.3) is 0 Å². The zero-order valence-electron chi connectivity index (χ0n) is 11.1. The summed E-state index contributed by atoms with van der Waals surface area (Å²) in [6.45, 7) is 4.19. The van der Waals surface area contributed by atoms with E-state index in [1.807, 2.05) is 13.8 Å². The Bertz CT molecular complexity index is 536. The van der Waals surface area contributed by atoms with Gasteiger partial charge in [0.1, 0.15) is 12.4 Å². The van der Waals surface area contributed by atoms with Crippen LogP contribution in [0.15, 0.2) is 29.2 Å². The van der Waals surface area contributed by atoms with Crippen molar-refractivity contribution in [2.24, 2.45) is 5.41 Å². The van der Waals surface area contributed by atoms with Crippen molar-refractivity contribution in [1.29, 1.82) is 0 Å². The van der Waals surface area contributed by atoms with Gasteiger partial charge in [-0.1, -0.05) is 13.8 Å². The Labute approximate surface area is 113 Å². The Balaban J connectivity index is 2.04. The molecule has 2 rings (SSSR count). The summed E-state index contributed by atoms with van der Waals surface area (Å²) >= 11 is 0. The fourth-order valence-electron chi connectivity index (χ4n) is 1.80. The Hall–Kier alpha value is -1.11. The van der Waals surface area contributed by atoms with Crippen LogP contribution in [0.3, 0.4) is 0 Å². The summed E-state index contributed by atoms with van der Waals surface area (Å²) in [6, 6.07) is 6.20. The number of nitrogens with one attached hydrogen (secondary N) is 1. The maximum absolute atomic E-state index is 12.1. The van der Waals surface area contributed by atoms with Crippen LogP contribution < -0.4 is 9.46 Å². The van der Waals surface area contributed by atoms with Gasteiger partial charge in [0.25, 0.3) is 0 Å². The lowest BCUT2D eigenvalue weighted by Gasteiger charge is -2.09. The second-order valence-corrected chi connectivity index (χ2v) is 7.12. The third-order valence-electron chi connectivity index (χ3n) is 3.30. The highest BCUT2D eigenvalue weighted by molar-refractivity contribution is 7.89. The van der Waals surface area contributed by atoms with Crippen molar-refractivity contribution in [3.8, 4) is 5.75 Å². The minimum atomic E-state index is -3.46. The van der Waals surface area contributed by atoms with Crippen molar-refractivity contribution in [3.05, 3.63) is 24.3 Å². The predicted molar refractivity (Wildman–Crippen MR) is 71.5 cm³/mol. The molecule has 1 aliphatic rings. The van der Waals surface area contributed by atoms with Gasteiger partial charge in [-0.05, 0) is 36.1 Å². The van der Waals surface area contributed by atoms with Gasteiger partial charge in [-0.3, -0.25) is 0 Å². The number of rotatable bonds is 6. The Morgan fingerprint density at radius 2 is 1.95 bits per heavy atom. The first-order chi connectivity index (χ1) is 8.85. The number of hydrogen-bond acceptors (Lipinski definition) is 4. The summed E-state index contributed by atoms with van der Waals surface area (Å²) in [6.07, 6.45) is 0.865. The molecular weight excluding hydrogens is 266 g/mol. The number of hydrogen-bond donors (Lipinski definition) is 2. The number of aliphatic hydroxyl groups is 1. The van der Waals surface area contributed by atoms with Crippen LogP contribution in [-0.4, -0.2) is 32.8 Å². The van der Waals surface area contributed by atoms with Crippen LogP contribution in [-0.2, 0) is 10.0 Å². The van der Waals surface area contributed by atoms with Gasteiger partial charge in [0.2, 0.25) is 10.0 Å². The van der Waals surface area contributed by atoms with E-state index in [0.29, 0.717) is 5.75 Å². The molecule has 1 atom stereocenters. The van der Waals surface area contributed by atoms with Crippen LogP contribution in [0, 0.1) is 5.41 Å². The van der Waals surface area contributed by atoms with E-state index in [2.05, 4.69) is 4.72 Å². The molecule has 1 aromatic carbocycles. The molecule has 5 nitrogen and oxygen atoms in total. The maximum Gasteiger partial charge on any atom is 0.240 e. The predicted octanol–water partition coefficient (Wildman–Crippen LogP) is 1.13. The first-order valence-corrected chi connectivity index (χ1v) is 7.69. The van der Waals surface area contributed by atoms with Gasteiger partial charge < -0.3 is 9.84 Å². The number of ether oxygens (including phenoxy) is 1. The molecule has 0 aliphatic heterocycles. The van der Waals surface area contributed by atoms with E-state index in [-0.39, 0.29) is 29.6 Å². The normalized spacial score (nSPS) is 21.1. The summed E-state index contributed by atoms with van der Waals surface area (Å²) in [4.78, 5) is 0.228. The molecule has 1 aromatic rings. The van der Waals surface area contributed by atoms with Crippen molar-refractivity contribution in [2.45, 2.75) is 31.2 Å². The zero-order chi connectivity index (χ0) is 14.1. The van der Waals surface area contributed by atoms with Crippen molar-refractivity contribution >= 4 is 10.0 Å². The zero-order valence-corrected chi connectivity index (χ0v) is 11.9. The lowest BCUT2D eigenvalue weighted by Crippen LogP contribution is -2.28. The summed E-state index contributed by atoms with van der Waals surface area (Å²) in [5, 5.41) is 8.64. The standard InChI is InChI=1S/C13H19NO4S/c1-13(2)9-12(13)14-19(16,17)11-5-3-10(4-6-11)18-8-7-15/h3-6,12,14-15H,7-9H2,1-2H3. The van der Waals surface area contributed by atoms with Gasteiger partial charge in [0.05, 0.1) is 11.5 Å². The lowest BCUT2D eigenvalue weighted by molar-refractivity contribution is 0.201. The molecule has 0 bridgehead atoms. The average Bonchev–Trinajstić information content (AvgIpc) is 2.93. The molecule has 1 fully saturated rings. The van der Waals surface area contributed by atoms with E-state index in [1.165, 1.54) is 12.1 Å². The summed E-state index contributed by atoms with van der Waals surface area (Å²) in [7, 11) is -3.46. The van der Waals surface area contributed by atoms with E-state index < -0.39 is 10.0 Å². The lowest BCUT2D eigenvalue weighted by atomic mass is 10.2. The third kappa shape index (κ3) is 3.46. The summed E-state index contributed by atoms with van der Waals surface area (Å²) in [5.41, 5.74) is 0.0528. The first kappa shape index (κ1) is 14.3. The molecule has 0 spiro atoms. The molecule has 19 heavy (non-hydrogen) atoms. The smallest absolute Gasteiger partial charge is 0.240 e. The highest BCUT2D eigenvalue weighted by Gasteiger charge is 2.47. The van der Waals surface area contributed by atoms with E-state index in [1.54, 1.807) is 12.1 Å². The van der Waals surface area contributed by atoms with E-state index in [0.717, 1.165) is 6.42 Å². The van der Waals surface area contributed by atoms with Crippen LogP contribution in [0.4, 0.5) is 0 Å². The van der Waals surface area contributed by atoms with E-state index in [4.69, 9.17) is 9.84 Å². The van der Waals surface area contributed by atoms with Crippen molar-refractivity contribution in [2.75, 3.05) is 13.2 Å². The fraction of sp³-hybridized carbons (Fsp3) is 0.538. The topological polar surface area (TPSA) is 75.6 Å². The highest BCUT2D eigenvalue weighted by Crippen LogP contribution is 2.45. The molecule has 0 saturated heterocycles.